The fraction of sp³-hybridized carbons (Fsp3) is 0.923. The number of hydrogen-bond donors (Lipinski definition) is 2. The first-order valence-corrected chi connectivity index (χ1v) is 7.05. The Bertz CT molecular complexity index is 314. The summed E-state index contributed by atoms with van der Waals surface area (Å²) < 4.78 is 36.3. The van der Waals surface area contributed by atoms with Crippen molar-refractivity contribution in [3.8, 4) is 0 Å². The highest BCUT2D eigenvalue weighted by Crippen LogP contribution is 2.25. The number of nitrogens with one attached hydrogen (secondary N) is 1. The average molecular weight is 295 g/mol. The van der Waals surface area contributed by atoms with Crippen molar-refractivity contribution >= 4 is 5.91 Å². The number of halogens is 3. The number of carbonyl (C=O) groups excluding carboxylic acids is 1. The van der Waals surface area contributed by atoms with Crippen LogP contribution in [0.1, 0.15) is 38.5 Å². The lowest BCUT2D eigenvalue weighted by Crippen LogP contribution is -2.55. The highest BCUT2D eigenvalue weighted by Gasteiger charge is 2.34. The highest BCUT2D eigenvalue weighted by molar-refractivity contribution is 5.86. The molecule has 118 valence electrons. The second-order valence-corrected chi connectivity index (χ2v) is 5.68. The minimum atomic E-state index is -4.18. The third kappa shape index (κ3) is 6.09. The summed E-state index contributed by atoms with van der Waals surface area (Å²) >= 11 is 0. The van der Waals surface area contributed by atoms with E-state index in [1.807, 2.05) is 0 Å². The first-order chi connectivity index (χ1) is 9.23. The molecule has 0 aromatic rings. The van der Waals surface area contributed by atoms with Crippen LogP contribution in [0, 0.1) is 0 Å². The van der Waals surface area contributed by atoms with E-state index in [-0.39, 0.29) is 12.5 Å². The van der Waals surface area contributed by atoms with Gasteiger partial charge in [-0.25, -0.2) is 0 Å². The minimum Gasteiger partial charge on any atom is -0.354 e. The van der Waals surface area contributed by atoms with Crippen molar-refractivity contribution in [3.63, 3.8) is 0 Å². The van der Waals surface area contributed by atoms with Crippen LogP contribution >= 0.6 is 0 Å². The third-order valence-electron chi connectivity index (χ3n) is 3.65. The molecular formula is C13H24F3N3O. The van der Waals surface area contributed by atoms with Gasteiger partial charge in [0.25, 0.3) is 0 Å². The van der Waals surface area contributed by atoms with Gasteiger partial charge in [0.1, 0.15) is 0 Å². The molecule has 7 heteroatoms. The number of amides is 1. The molecule has 20 heavy (non-hydrogen) atoms. The molecular weight excluding hydrogens is 271 g/mol. The van der Waals surface area contributed by atoms with Crippen LogP contribution in [0.3, 0.4) is 0 Å². The smallest absolute Gasteiger partial charge is 0.354 e. The number of hydrogen-bond acceptors (Lipinski definition) is 3. The molecule has 1 fully saturated rings. The summed E-state index contributed by atoms with van der Waals surface area (Å²) in [7, 11) is 1.42. The Morgan fingerprint density at radius 2 is 1.90 bits per heavy atom. The highest BCUT2D eigenvalue weighted by atomic mass is 19.4. The van der Waals surface area contributed by atoms with Crippen LogP contribution in [0.4, 0.5) is 13.2 Å². The molecule has 1 saturated carbocycles. The second kappa shape index (κ2) is 7.26. The maximum atomic E-state index is 12.1. The van der Waals surface area contributed by atoms with E-state index < -0.39 is 18.3 Å². The molecule has 1 aliphatic carbocycles. The quantitative estimate of drug-likeness (QED) is 0.733. The Hall–Kier alpha value is -0.820. The summed E-state index contributed by atoms with van der Waals surface area (Å²) in [6.45, 7) is -0.279. The zero-order valence-electron chi connectivity index (χ0n) is 11.9. The maximum absolute atomic E-state index is 12.1. The SMILES string of the molecule is CN(CCCNC(=O)C1(N)CCCCC1)CC(F)(F)F. The summed E-state index contributed by atoms with van der Waals surface area (Å²) in [5, 5.41) is 2.74. The molecule has 3 N–H and O–H groups in total. The first-order valence-electron chi connectivity index (χ1n) is 7.05. The Balaban J connectivity index is 2.19. The summed E-state index contributed by atoms with van der Waals surface area (Å²) in [6, 6.07) is 0. The Morgan fingerprint density at radius 3 is 2.45 bits per heavy atom. The lowest BCUT2D eigenvalue weighted by atomic mass is 9.82. The van der Waals surface area contributed by atoms with Gasteiger partial charge in [-0.2, -0.15) is 13.2 Å². The Kier molecular flexibility index (Phi) is 6.26. The first kappa shape index (κ1) is 17.2. The van der Waals surface area contributed by atoms with Gasteiger partial charge < -0.3 is 11.1 Å². The van der Waals surface area contributed by atoms with Gasteiger partial charge >= 0.3 is 6.18 Å². The molecule has 0 atom stereocenters. The molecule has 1 amide bonds. The number of carbonyl (C=O) groups is 1. The van der Waals surface area contributed by atoms with Crippen LogP contribution in [0.15, 0.2) is 0 Å². The molecule has 0 bridgehead atoms. The van der Waals surface area contributed by atoms with Gasteiger partial charge in [0.15, 0.2) is 0 Å². The zero-order valence-corrected chi connectivity index (χ0v) is 11.9. The third-order valence-corrected chi connectivity index (χ3v) is 3.65. The zero-order chi connectivity index (χ0) is 15.2. The van der Waals surface area contributed by atoms with Gasteiger partial charge in [-0.05, 0) is 32.9 Å². The monoisotopic (exact) mass is 295 g/mol. The number of nitrogens with two attached hydrogens (primary N) is 1. The van der Waals surface area contributed by atoms with Crippen LogP contribution in [-0.4, -0.2) is 49.2 Å². The maximum Gasteiger partial charge on any atom is 0.401 e. The van der Waals surface area contributed by atoms with E-state index in [4.69, 9.17) is 5.73 Å². The summed E-state index contributed by atoms with van der Waals surface area (Å²) in [6.07, 6.45) is 0.695. The van der Waals surface area contributed by atoms with Gasteiger partial charge in [0, 0.05) is 6.54 Å². The van der Waals surface area contributed by atoms with Gasteiger partial charge in [-0.1, -0.05) is 19.3 Å². The molecule has 4 nitrogen and oxygen atoms in total. The lowest BCUT2D eigenvalue weighted by molar-refractivity contribution is -0.143. The number of alkyl halides is 3. The van der Waals surface area contributed by atoms with Crippen molar-refractivity contribution in [1.82, 2.24) is 10.2 Å². The van der Waals surface area contributed by atoms with Crippen LogP contribution in [0.2, 0.25) is 0 Å². The molecule has 1 rings (SSSR count). The van der Waals surface area contributed by atoms with E-state index in [2.05, 4.69) is 5.32 Å². The predicted octanol–water partition coefficient (Wildman–Crippen LogP) is 1.65. The van der Waals surface area contributed by atoms with Crippen molar-refractivity contribution in [3.05, 3.63) is 0 Å². The van der Waals surface area contributed by atoms with Gasteiger partial charge in [-0.15, -0.1) is 0 Å². The summed E-state index contributed by atoms with van der Waals surface area (Å²) in [5.41, 5.74) is 5.28. The Morgan fingerprint density at radius 1 is 1.30 bits per heavy atom. The van der Waals surface area contributed by atoms with Gasteiger partial charge in [-0.3, -0.25) is 9.69 Å². The number of rotatable bonds is 6. The molecule has 0 heterocycles. The van der Waals surface area contributed by atoms with E-state index in [0.717, 1.165) is 19.3 Å². The molecule has 0 aromatic carbocycles. The Labute approximate surface area is 117 Å². The molecule has 0 spiro atoms. The van der Waals surface area contributed by atoms with E-state index in [1.165, 1.54) is 11.9 Å². The van der Waals surface area contributed by atoms with Crippen molar-refractivity contribution in [2.45, 2.75) is 50.2 Å². The van der Waals surface area contributed by atoms with E-state index >= 15 is 0 Å². The van der Waals surface area contributed by atoms with Crippen molar-refractivity contribution in [2.75, 3.05) is 26.7 Å². The molecule has 0 radical (unpaired) electrons. The van der Waals surface area contributed by atoms with Crippen molar-refractivity contribution in [1.29, 1.82) is 0 Å². The van der Waals surface area contributed by atoms with E-state index in [0.29, 0.717) is 25.8 Å². The van der Waals surface area contributed by atoms with Gasteiger partial charge in [0.05, 0.1) is 12.1 Å². The molecule has 0 unspecified atom stereocenters. The summed E-state index contributed by atoms with van der Waals surface area (Å²) in [4.78, 5) is 13.2. The lowest BCUT2D eigenvalue weighted by Gasteiger charge is -2.31. The minimum absolute atomic E-state index is 0.171. The average Bonchev–Trinajstić information content (AvgIpc) is 2.33. The van der Waals surface area contributed by atoms with Crippen LogP contribution in [0.25, 0.3) is 0 Å². The number of nitrogens with zero attached hydrogens (tertiary/aromatic N) is 1. The van der Waals surface area contributed by atoms with E-state index in [1.54, 1.807) is 0 Å². The van der Waals surface area contributed by atoms with Crippen LogP contribution in [-0.2, 0) is 4.79 Å². The van der Waals surface area contributed by atoms with Crippen molar-refractivity contribution < 1.29 is 18.0 Å². The second-order valence-electron chi connectivity index (χ2n) is 5.68. The molecule has 0 aliphatic heterocycles. The van der Waals surface area contributed by atoms with Crippen LogP contribution in [0.5, 0.6) is 0 Å². The van der Waals surface area contributed by atoms with E-state index in [9.17, 15) is 18.0 Å². The van der Waals surface area contributed by atoms with Crippen LogP contribution < -0.4 is 11.1 Å². The molecule has 0 saturated heterocycles. The normalized spacial score (nSPS) is 19.1. The van der Waals surface area contributed by atoms with Gasteiger partial charge in [0.2, 0.25) is 5.91 Å². The standard InChI is InChI=1S/C13H24F3N3O/c1-19(10-13(14,15)16)9-5-8-18-11(20)12(17)6-3-2-4-7-12/h2-10,17H2,1H3,(H,18,20). The fourth-order valence-electron chi connectivity index (χ4n) is 2.52. The van der Waals surface area contributed by atoms with Crippen molar-refractivity contribution in [2.24, 2.45) is 5.73 Å². The largest absolute Gasteiger partial charge is 0.401 e. The summed E-state index contributed by atoms with van der Waals surface area (Å²) in [5.74, 6) is -0.171. The topological polar surface area (TPSA) is 58.4 Å². The predicted molar refractivity (Wildman–Crippen MR) is 71.2 cm³/mol. The fourth-order valence-corrected chi connectivity index (χ4v) is 2.52. The molecule has 1 aliphatic rings. The molecule has 0 aromatic heterocycles.